The van der Waals surface area contributed by atoms with Gasteiger partial charge in [-0.1, -0.05) is 121 Å². The van der Waals surface area contributed by atoms with Gasteiger partial charge in [0.05, 0.1) is 36.5 Å². The highest BCUT2D eigenvalue weighted by Gasteiger charge is 2.42. The number of aliphatic carboxylic acids is 6. The van der Waals surface area contributed by atoms with Crippen molar-refractivity contribution in [3.8, 4) is 23.0 Å². The van der Waals surface area contributed by atoms with E-state index in [-0.39, 0.29) is 38.5 Å². The number of carbonyl (C=O) groups excluding carboxylic acids is 2. The molecule has 2 aliphatic heterocycles. The predicted octanol–water partition coefficient (Wildman–Crippen LogP) is 13.2. The molecule has 0 radical (unpaired) electrons. The maximum Gasteiger partial charge on any atom is 0.307 e. The Morgan fingerprint density at radius 1 is 0.412 bits per heavy atom. The molecule has 24 heteroatoms. The number of oxazole rings is 2. The standard InChI is InChI=1S/2C39H36N2O10/c2*1-23(28(27-15-16-33-34(18-27)50-22-49-33)9-6-12-35-40-31-10-4-5-11-32(31)51-35)41(21-24-13-14-25-7-2-3-8-26(25)17-24)36(42)19-29(38(45)46)30(39(47)48)20-37(43)44/h2*2-8,10-18,23,28-30H,9,19-22H2,1H3,(H,43,44)(H,45,46)(H,47,48)/t23-,28+,29+,30-;23-,28+,29-,30+/m11/s1. The second-order valence-corrected chi connectivity index (χ2v) is 25.0. The highest BCUT2D eigenvalue weighted by atomic mass is 16.7. The zero-order chi connectivity index (χ0) is 72.1. The Labute approximate surface area is 583 Å². The van der Waals surface area contributed by atoms with Gasteiger partial charge in [0, 0.05) is 49.9 Å². The van der Waals surface area contributed by atoms with E-state index in [1.165, 1.54) is 0 Å². The number of ether oxygens (including phenoxy) is 4. The van der Waals surface area contributed by atoms with Crippen LogP contribution in [0, 0.1) is 23.7 Å². The molecule has 102 heavy (non-hydrogen) atoms. The fourth-order valence-electron chi connectivity index (χ4n) is 13.1. The number of allylic oxidation sites excluding steroid dienone is 2. The fraction of sp³-hybridized carbons (Fsp3) is 0.256. The minimum absolute atomic E-state index is 0.0703. The summed E-state index contributed by atoms with van der Waals surface area (Å²) in [6.45, 7) is 3.99. The highest BCUT2D eigenvalue weighted by Crippen LogP contribution is 2.41. The van der Waals surface area contributed by atoms with Gasteiger partial charge in [0.15, 0.2) is 34.2 Å². The molecule has 2 aromatic heterocycles. The molecule has 6 N–H and O–H groups in total. The number of carboxylic acids is 6. The molecule has 2 amide bonds. The number of carbonyl (C=O) groups is 8. The van der Waals surface area contributed by atoms with Gasteiger partial charge >= 0.3 is 35.8 Å². The second-order valence-electron chi connectivity index (χ2n) is 25.0. The molecule has 10 aromatic rings. The van der Waals surface area contributed by atoms with Gasteiger partial charge in [-0.3, -0.25) is 38.4 Å². The van der Waals surface area contributed by atoms with Gasteiger partial charge in [-0.25, -0.2) is 9.97 Å². The molecule has 8 atom stereocenters. The Kier molecular flexibility index (Phi) is 22.3. The zero-order valence-electron chi connectivity index (χ0n) is 55.4. The van der Waals surface area contributed by atoms with E-state index in [2.05, 4.69) is 9.97 Å². The Morgan fingerprint density at radius 2 is 0.765 bits per heavy atom. The van der Waals surface area contributed by atoms with E-state index in [0.717, 1.165) is 43.8 Å². The van der Waals surface area contributed by atoms with Crippen molar-refractivity contribution >= 4 is 104 Å². The normalized spacial score (nSPS) is 14.7. The van der Waals surface area contributed by atoms with Crippen molar-refractivity contribution in [1.82, 2.24) is 19.8 Å². The molecule has 0 fully saturated rings. The molecular formula is C78H72N4O20. The van der Waals surface area contributed by atoms with Gasteiger partial charge < -0.3 is 68.2 Å². The number of hydrogen-bond donors (Lipinski definition) is 6. The molecule has 4 heterocycles. The molecule has 0 saturated heterocycles. The van der Waals surface area contributed by atoms with Gasteiger partial charge in [-0.05, 0) is 143 Å². The van der Waals surface area contributed by atoms with Crippen molar-refractivity contribution in [2.45, 2.75) is 89.4 Å². The van der Waals surface area contributed by atoms with Crippen LogP contribution in [0.4, 0.5) is 0 Å². The first-order valence-electron chi connectivity index (χ1n) is 32.9. The van der Waals surface area contributed by atoms with Crippen molar-refractivity contribution in [3.63, 3.8) is 0 Å². The Morgan fingerprint density at radius 3 is 1.14 bits per heavy atom. The van der Waals surface area contributed by atoms with Crippen molar-refractivity contribution in [2.75, 3.05) is 13.6 Å². The van der Waals surface area contributed by atoms with Crippen molar-refractivity contribution < 1.29 is 96.8 Å². The predicted molar refractivity (Wildman–Crippen MR) is 372 cm³/mol. The quantitative estimate of drug-likeness (QED) is 0.0243. The van der Waals surface area contributed by atoms with Crippen molar-refractivity contribution in [3.05, 3.63) is 216 Å². The summed E-state index contributed by atoms with van der Waals surface area (Å²) in [5.74, 6) is -15.4. The van der Waals surface area contributed by atoms with E-state index in [0.29, 0.717) is 69.8 Å². The first kappa shape index (κ1) is 71.0. The Balaban J connectivity index is 0.000000205. The van der Waals surface area contributed by atoms with Gasteiger partial charge in [-0.2, -0.15) is 0 Å². The summed E-state index contributed by atoms with van der Waals surface area (Å²) in [6, 6.07) is 51.7. The summed E-state index contributed by atoms with van der Waals surface area (Å²) >= 11 is 0. The fourth-order valence-corrected chi connectivity index (χ4v) is 13.1. The molecule has 0 saturated carbocycles. The van der Waals surface area contributed by atoms with E-state index in [1.807, 2.05) is 184 Å². The molecule has 0 aliphatic carbocycles. The summed E-state index contributed by atoms with van der Waals surface area (Å²) < 4.78 is 34.1. The summed E-state index contributed by atoms with van der Waals surface area (Å²) in [7, 11) is 0. The SMILES string of the molecule is C[C@H]([C@H](CC=Cc1nc2ccccc2o1)c1ccc2c(c1)OCO2)N(Cc1ccc2ccccc2c1)C(=O)C[C@@H](C(=O)O)[C@H](CC(=O)O)C(=O)O.C[C@H]([C@H](CC=Cc1nc2ccccc2o1)c1ccc2c(c1)OCO2)N(Cc1ccc2ccccc2c1)C(=O)C[C@H](C(=O)O)[C@@H](CC(=O)O)C(=O)O. The lowest BCUT2D eigenvalue weighted by Gasteiger charge is -2.36. The van der Waals surface area contributed by atoms with E-state index in [4.69, 9.17) is 27.8 Å². The number of aromatic nitrogens is 2. The van der Waals surface area contributed by atoms with Crippen LogP contribution in [0.3, 0.4) is 0 Å². The first-order chi connectivity index (χ1) is 49.1. The Hall–Kier alpha value is -12.3. The van der Waals surface area contributed by atoms with Crippen LogP contribution in [0.2, 0.25) is 0 Å². The average molecular weight is 1390 g/mol. The maximum absolute atomic E-state index is 14.3. The van der Waals surface area contributed by atoms with Gasteiger partial charge in [0.25, 0.3) is 0 Å². The smallest absolute Gasteiger partial charge is 0.307 e. The van der Waals surface area contributed by atoms with E-state index in [1.54, 1.807) is 34.1 Å². The topological polar surface area (TPSA) is 353 Å². The van der Waals surface area contributed by atoms with Crippen molar-refractivity contribution in [2.24, 2.45) is 23.7 Å². The molecule has 12 rings (SSSR count). The third kappa shape index (κ3) is 17.2. The third-order valence-corrected chi connectivity index (χ3v) is 18.5. The average Bonchev–Trinajstić information content (AvgIpc) is 1.11. The number of amides is 2. The molecule has 524 valence electrons. The van der Waals surface area contributed by atoms with Crippen LogP contribution in [0.15, 0.2) is 191 Å². The lowest BCUT2D eigenvalue weighted by molar-refractivity contribution is -0.159. The van der Waals surface area contributed by atoms with Crippen molar-refractivity contribution in [1.29, 1.82) is 0 Å². The summed E-state index contributed by atoms with van der Waals surface area (Å²) in [6.07, 6.45) is 4.75. The molecule has 8 aromatic carbocycles. The molecule has 0 unspecified atom stereocenters. The molecule has 24 nitrogen and oxygen atoms in total. The van der Waals surface area contributed by atoms with Crippen LogP contribution in [0.5, 0.6) is 23.0 Å². The monoisotopic (exact) mass is 1380 g/mol. The number of hydrogen-bond acceptors (Lipinski definition) is 16. The highest BCUT2D eigenvalue weighted by molar-refractivity contribution is 5.91. The van der Waals surface area contributed by atoms with Crippen LogP contribution in [0.25, 0.3) is 55.9 Å². The van der Waals surface area contributed by atoms with E-state index >= 15 is 0 Å². The first-order valence-corrected chi connectivity index (χ1v) is 32.9. The second kappa shape index (κ2) is 32.1. The van der Waals surface area contributed by atoms with Gasteiger partial charge in [0.1, 0.15) is 11.0 Å². The Bertz CT molecular complexity index is 4480. The van der Waals surface area contributed by atoms with Crippen LogP contribution >= 0.6 is 0 Å². The van der Waals surface area contributed by atoms with E-state index in [9.17, 15) is 69.0 Å². The molecule has 2 aliphatic rings. The van der Waals surface area contributed by atoms with Crippen LogP contribution < -0.4 is 18.9 Å². The van der Waals surface area contributed by atoms with Gasteiger partial charge in [0.2, 0.25) is 37.2 Å². The number of nitrogens with zero attached hydrogens (tertiary/aromatic N) is 4. The van der Waals surface area contributed by atoms with Crippen LogP contribution in [0.1, 0.15) is 98.2 Å². The number of para-hydroxylation sites is 4. The van der Waals surface area contributed by atoms with Crippen LogP contribution in [-0.4, -0.2) is 124 Å². The number of rotatable bonds is 30. The summed E-state index contributed by atoms with van der Waals surface area (Å²) in [5, 5.41) is 62.3. The number of fused-ring (bicyclic) bond motifs is 6. The van der Waals surface area contributed by atoms with Crippen LogP contribution in [-0.2, 0) is 51.4 Å². The third-order valence-electron chi connectivity index (χ3n) is 18.5. The molecule has 0 spiro atoms. The zero-order valence-corrected chi connectivity index (χ0v) is 55.4. The summed E-state index contributed by atoms with van der Waals surface area (Å²) in [4.78, 5) is 113. The minimum atomic E-state index is -1.81. The number of carboxylic acid groups (broad SMARTS) is 6. The number of benzene rings is 8. The summed E-state index contributed by atoms with van der Waals surface area (Å²) in [5.41, 5.74) is 5.87. The maximum atomic E-state index is 14.3. The molecule has 0 bridgehead atoms. The van der Waals surface area contributed by atoms with E-state index < -0.39 is 109 Å². The largest absolute Gasteiger partial charge is 0.481 e. The molecular weight excluding hydrogens is 1310 g/mol. The lowest BCUT2D eigenvalue weighted by atomic mass is 9.84. The van der Waals surface area contributed by atoms with Gasteiger partial charge in [-0.15, -0.1) is 0 Å². The lowest BCUT2D eigenvalue weighted by Crippen LogP contribution is -2.44. The minimum Gasteiger partial charge on any atom is -0.481 e.